The quantitative estimate of drug-likeness (QED) is 0.751. The van der Waals surface area contributed by atoms with Crippen molar-refractivity contribution in [3.05, 3.63) is 48.3 Å². The monoisotopic (exact) mass is 381 g/mol. The molecule has 7 nitrogen and oxygen atoms in total. The standard InChI is InChI=1S/C19H19N5O2S/c1-27(25,26)24-7-5-23(6-8-24)16-10-17-18(13-22-19(17)21-12-16)15-4-2-3-14(9-15)11-20/h2-4,9-10,12-13H,5-8H2,1H3,(H,21,22). The van der Waals surface area contributed by atoms with Gasteiger partial charge >= 0.3 is 0 Å². The van der Waals surface area contributed by atoms with Crippen molar-refractivity contribution in [1.82, 2.24) is 14.3 Å². The van der Waals surface area contributed by atoms with Crippen LogP contribution in [0.3, 0.4) is 0 Å². The van der Waals surface area contributed by atoms with Gasteiger partial charge in [0.2, 0.25) is 10.0 Å². The molecular formula is C19H19N5O2S. The van der Waals surface area contributed by atoms with E-state index < -0.39 is 10.0 Å². The number of anilines is 1. The van der Waals surface area contributed by atoms with E-state index in [9.17, 15) is 8.42 Å². The van der Waals surface area contributed by atoms with E-state index in [0.29, 0.717) is 31.7 Å². The molecule has 3 heterocycles. The molecule has 0 bridgehead atoms. The molecule has 27 heavy (non-hydrogen) atoms. The lowest BCUT2D eigenvalue weighted by molar-refractivity contribution is 0.388. The molecule has 138 valence electrons. The third kappa shape index (κ3) is 3.39. The van der Waals surface area contributed by atoms with Gasteiger partial charge < -0.3 is 9.88 Å². The molecule has 0 amide bonds. The summed E-state index contributed by atoms with van der Waals surface area (Å²) in [5, 5.41) is 10.1. The Labute approximate surface area is 157 Å². The number of rotatable bonds is 3. The van der Waals surface area contributed by atoms with E-state index >= 15 is 0 Å². The SMILES string of the molecule is CS(=O)(=O)N1CCN(c2cnc3[nH]cc(-c4cccc(C#N)c4)c3c2)CC1. The van der Waals surface area contributed by atoms with Crippen LogP contribution in [0, 0.1) is 11.3 Å². The Morgan fingerprint density at radius 3 is 2.67 bits per heavy atom. The van der Waals surface area contributed by atoms with Crippen molar-refractivity contribution in [2.75, 3.05) is 37.3 Å². The predicted octanol–water partition coefficient (Wildman–Crippen LogP) is 2.18. The van der Waals surface area contributed by atoms with Gasteiger partial charge in [-0.1, -0.05) is 12.1 Å². The number of hydrogen-bond donors (Lipinski definition) is 1. The third-order valence-electron chi connectivity index (χ3n) is 4.89. The molecule has 0 unspecified atom stereocenters. The Bertz CT molecular complexity index is 1140. The first-order valence-corrected chi connectivity index (χ1v) is 10.5. The second kappa shape index (κ2) is 6.68. The van der Waals surface area contributed by atoms with E-state index in [-0.39, 0.29) is 0 Å². The van der Waals surface area contributed by atoms with E-state index in [0.717, 1.165) is 27.8 Å². The molecule has 2 aromatic heterocycles. The molecule has 0 atom stereocenters. The lowest BCUT2D eigenvalue weighted by atomic mass is 10.0. The lowest BCUT2D eigenvalue weighted by Gasteiger charge is -2.34. The number of nitrogens with zero attached hydrogens (tertiary/aromatic N) is 4. The molecule has 1 N–H and O–H groups in total. The van der Waals surface area contributed by atoms with Crippen molar-refractivity contribution in [2.24, 2.45) is 0 Å². The summed E-state index contributed by atoms with van der Waals surface area (Å²) in [7, 11) is -3.15. The molecule has 1 aromatic carbocycles. The van der Waals surface area contributed by atoms with Crippen molar-refractivity contribution < 1.29 is 8.42 Å². The number of aromatic amines is 1. The van der Waals surface area contributed by atoms with Crippen LogP contribution in [0.1, 0.15) is 5.56 Å². The number of fused-ring (bicyclic) bond motifs is 1. The number of H-pyrrole nitrogens is 1. The number of aromatic nitrogens is 2. The van der Waals surface area contributed by atoms with Crippen LogP contribution in [-0.2, 0) is 10.0 Å². The summed E-state index contributed by atoms with van der Waals surface area (Å²) in [4.78, 5) is 9.85. The summed E-state index contributed by atoms with van der Waals surface area (Å²) < 4.78 is 24.9. The van der Waals surface area contributed by atoms with Crippen LogP contribution in [0.25, 0.3) is 22.2 Å². The van der Waals surface area contributed by atoms with Crippen LogP contribution < -0.4 is 4.90 Å². The summed E-state index contributed by atoms with van der Waals surface area (Å²) in [6.07, 6.45) is 4.96. The average Bonchev–Trinajstić information content (AvgIpc) is 3.10. The molecule has 1 aliphatic rings. The first kappa shape index (κ1) is 17.5. The maximum Gasteiger partial charge on any atom is 0.211 e. The Hall–Kier alpha value is -2.89. The van der Waals surface area contributed by atoms with Gasteiger partial charge in [0.05, 0.1) is 29.8 Å². The molecule has 4 rings (SSSR count). The fourth-order valence-electron chi connectivity index (χ4n) is 3.44. The van der Waals surface area contributed by atoms with Crippen molar-refractivity contribution >= 4 is 26.7 Å². The van der Waals surface area contributed by atoms with Gasteiger partial charge in [0.25, 0.3) is 0 Å². The molecule has 8 heteroatoms. The number of sulfonamides is 1. The number of benzene rings is 1. The Morgan fingerprint density at radius 1 is 1.19 bits per heavy atom. The highest BCUT2D eigenvalue weighted by atomic mass is 32.2. The zero-order valence-corrected chi connectivity index (χ0v) is 15.7. The van der Waals surface area contributed by atoms with Gasteiger partial charge in [-0.3, -0.25) is 0 Å². The van der Waals surface area contributed by atoms with E-state index in [4.69, 9.17) is 5.26 Å². The normalized spacial score (nSPS) is 15.8. The third-order valence-corrected chi connectivity index (χ3v) is 6.20. The molecule has 1 aliphatic heterocycles. The number of nitrogens with one attached hydrogen (secondary N) is 1. The molecule has 0 saturated carbocycles. The zero-order chi connectivity index (χ0) is 19.0. The Morgan fingerprint density at radius 2 is 1.96 bits per heavy atom. The van der Waals surface area contributed by atoms with Crippen LogP contribution in [0.4, 0.5) is 5.69 Å². The highest BCUT2D eigenvalue weighted by Gasteiger charge is 2.24. The first-order chi connectivity index (χ1) is 13.0. The fraction of sp³-hybridized carbons (Fsp3) is 0.263. The molecule has 0 aliphatic carbocycles. The highest BCUT2D eigenvalue weighted by Crippen LogP contribution is 2.31. The van der Waals surface area contributed by atoms with E-state index in [1.165, 1.54) is 10.6 Å². The zero-order valence-electron chi connectivity index (χ0n) is 14.9. The van der Waals surface area contributed by atoms with Gasteiger partial charge in [-0.05, 0) is 23.8 Å². The minimum atomic E-state index is -3.15. The second-order valence-corrected chi connectivity index (χ2v) is 8.62. The van der Waals surface area contributed by atoms with Crippen molar-refractivity contribution in [2.45, 2.75) is 0 Å². The summed E-state index contributed by atoms with van der Waals surface area (Å²) >= 11 is 0. The van der Waals surface area contributed by atoms with Crippen LogP contribution in [0.2, 0.25) is 0 Å². The molecule has 0 spiro atoms. The summed E-state index contributed by atoms with van der Waals surface area (Å²) in [6.45, 7) is 2.20. The number of piperazine rings is 1. The van der Waals surface area contributed by atoms with Gasteiger partial charge in [0.1, 0.15) is 5.65 Å². The number of pyridine rings is 1. The van der Waals surface area contributed by atoms with E-state index in [2.05, 4.69) is 27.0 Å². The fourth-order valence-corrected chi connectivity index (χ4v) is 4.26. The van der Waals surface area contributed by atoms with Gasteiger partial charge in [-0.2, -0.15) is 9.57 Å². The largest absolute Gasteiger partial charge is 0.368 e. The maximum absolute atomic E-state index is 11.7. The minimum Gasteiger partial charge on any atom is -0.368 e. The summed E-state index contributed by atoms with van der Waals surface area (Å²) in [5.41, 5.74) is 4.31. The topological polar surface area (TPSA) is 93.1 Å². The van der Waals surface area contributed by atoms with Crippen LogP contribution in [0.5, 0.6) is 0 Å². The smallest absolute Gasteiger partial charge is 0.211 e. The van der Waals surface area contributed by atoms with Crippen LogP contribution >= 0.6 is 0 Å². The van der Waals surface area contributed by atoms with E-state index in [1.54, 1.807) is 6.07 Å². The van der Waals surface area contributed by atoms with Crippen molar-refractivity contribution in [3.8, 4) is 17.2 Å². The summed E-state index contributed by atoms with van der Waals surface area (Å²) in [5.74, 6) is 0. The predicted molar refractivity (Wildman–Crippen MR) is 105 cm³/mol. The Balaban J connectivity index is 1.66. The van der Waals surface area contributed by atoms with E-state index in [1.807, 2.05) is 30.6 Å². The molecular weight excluding hydrogens is 362 g/mol. The second-order valence-electron chi connectivity index (χ2n) is 6.63. The van der Waals surface area contributed by atoms with Crippen LogP contribution in [-0.4, -0.2) is 55.1 Å². The molecule has 1 fully saturated rings. The number of nitriles is 1. The average molecular weight is 381 g/mol. The van der Waals surface area contributed by atoms with Crippen LogP contribution in [0.15, 0.2) is 42.7 Å². The maximum atomic E-state index is 11.7. The molecule has 3 aromatic rings. The van der Waals surface area contributed by atoms with Gasteiger partial charge in [-0.15, -0.1) is 0 Å². The van der Waals surface area contributed by atoms with Gasteiger partial charge in [-0.25, -0.2) is 13.4 Å². The first-order valence-electron chi connectivity index (χ1n) is 8.63. The van der Waals surface area contributed by atoms with Gasteiger partial charge in [0, 0.05) is 43.3 Å². The minimum absolute atomic E-state index is 0.473. The lowest BCUT2D eigenvalue weighted by Crippen LogP contribution is -2.48. The van der Waals surface area contributed by atoms with Gasteiger partial charge in [0.15, 0.2) is 0 Å². The summed E-state index contributed by atoms with van der Waals surface area (Å²) in [6, 6.07) is 11.7. The molecule has 1 saturated heterocycles. The Kier molecular flexibility index (Phi) is 4.34. The number of hydrogen-bond acceptors (Lipinski definition) is 5. The molecule has 0 radical (unpaired) electrons. The van der Waals surface area contributed by atoms with Crippen molar-refractivity contribution in [3.63, 3.8) is 0 Å². The van der Waals surface area contributed by atoms with Crippen molar-refractivity contribution in [1.29, 1.82) is 5.26 Å². The highest BCUT2D eigenvalue weighted by molar-refractivity contribution is 7.88.